The highest BCUT2D eigenvalue weighted by molar-refractivity contribution is 5.79. The van der Waals surface area contributed by atoms with E-state index in [2.05, 4.69) is 9.64 Å². The fourth-order valence-corrected chi connectivity index (χ4v) is 2.72. The zero-order chi connectivity index (χ0) is 18.3. The van der Waals surface area contributed by atoms with Gasteiger partial charge in [0.05, 0.1) is 6.42 Å². The Labute approximate surface area is 145 Å². The third-order valence-corrected chi connectivity index (χ3v) is 4.09. The molecule has 0 bridgehead atoms. The number of amides is 1. The third kappa shape index (κ3) is 7.31. The molecule has 0 radical (unpaired) electrons. The molecule has 1 aliphatic rings. The van der Waals surface area contributed by atoms with Gasteiger partial charge in [-0.15, -0.1) is 0 Å². The number of ether oxygens (including phenoxy) is 1. The van der Waals surface area contributed by atoms with Crippen molar-refractivity contribution in [1.29, 1.82) is 0 Å². The van der Waals surface area contributed by atoms with E-state index in [1.165, 1.54) is 0 Å². The van der Waals surface area contributed by atoms with E-state index in [-0.39, 0.29) is 12.5 Å². The van der Waals surface area contributed by atoms with E-state index in [0.29, 0.717) is 38.2 Å². The molecule has 0 atom stereocenters. The van der Waals surface area contributed by atoms with Crippen molar-refractivity contribution in [3.05, 3.63) is 29.8 Å². The molecule has 0 unspecified atom stereocenters. The summed E-state index contributed by atoms with van der Waals surface area (Å²) >= 11 is 0. The molecular weight excluding hydrogens is 335 g/mol. The lowest BCUT2D eigenvalue weighted by molar-refractivity contribution is -0.174. The van der Waals surface area contributed by atoms with Crippen LogP contribution < -0.4 is 5.73 Å². The highest BCUT2D eigenvalue weighted by Gasteiger charge is 2.27. The van der Waals surface area contributed by atoms with Crippen molar-refractivity contribution in [3.63, 3.8) is 0 Å². The van der Waals surface area contributed by atoms with E-state index >= 15 is 0 Å². The van der Waals surface area contributed by atoms with Gasteiger partial charge >= 0.3 is 6.18 Å². The molecule has 0 saturated carbocycles. The standard InChI is InChI=1S/C17H24F3N3O2/c18-17(19,20)13-25-11-1-6-22-7-9-23(10-8-22)16(24)12-14-2-4-15(21)5-3-14/h2-5H,1,6-13,21H2. The molecule has 1 heterocycles. The van der Waals surface area contributed by atoms with Gasteiger partial charge in [-0.1, -0.05) is 12.1 Å². The summed E-state index contributed by atoms with van der Waals surface area (Å²) in [4.78, 5) is 16.3. The summed E-state index contributed by atoms with van der Waals surface area (Å²) in [6, 6.07) is 7.26. The number of piperazine rings is 1. The lowest BCUT2D eigenvalue weighted by Crippen LogP contribution is -2.49. The third-order valence-electron chi connectivity index (χ3n) is 4.09. The molecule has 25 heavy (non-hydrogen) atoms. The Balaban J connectivity index is 1.62. The fourth-order valence-electron chi connectivity index (χ4n) is 2.72. The van der Waals surface area contributed by atoms with Gasteiger partial charge in [-0.05, 0) is 24.1 Å². The molecule has 1 saturated heterocycles. The first kappa shape index (κ1) is 19.5. The maximum atomic E-state index is 12.3. The van der Waals surface area contributed by atoms with Crippen LogP contribution in [0, 0.1) is 0 Å². The molecule has 2 N–H and O–H groups in total. The monoisotopic (exact) mass is 359 g/mol. The van der Waals surface area contributed by atoms with Gasteiger partial charge in [0, 0.05) is 45.0 Å². The predicted molar refractivity (Wildman–Crippen MR) is 89.1 cm³/mol. The smallest absolute Gasteiger partial charge is 0.399 e. The van der Waals surface area contributed by atoms with Crippen LogP contribution in [0.2, 0.25) is 0 Å². The molecule has 0 aromatic heterocycles. The quantitative estimate of drug-likeness (QED) is 0.597. The average molecular weight is 359 g/mol. The Kier molecular flexibility index (Phi) is 7.07. The molecule has 8 heteroatoms. The molecule has 1 aromatic rings. The Morgan fingerprint density at radius 2 is 1.76 bits per heavy atom. The van der Waals surface area contributed by atoms with Crippen molar-refractivity contribution >= 4 is 11.6 Å². The van der Waals surface area contributed by atoms with Crippen LogP contribution >= 0.6 is 0 Å². The lowest BCUT2D eigenvalue weighted by Gasteiger charge is -2.34. The number of carbonyl (C=O) groups excluding carboxylic acids is 1. The number of hydrogen-bond acceptors (Lipinski definition) is 4. The second-order valence-corrected chi connectivity index (χ2v) is 6.16. The van der Waals surface area contributed by atoms with E-state index in [4.69, 9.17) is 5.73 Å². The van der Waals surface area contributed by atoms with Gasteiger partial charge in [0.2, 0.25) is 5.91 Å². The van der Waals surface area contributed by atoms with Gasteiger partial charge < -0.3 is 15.4 Å². The van der Waals surface area contributed by atoms with E-state index in [9.17, 15) is 18.0 Å². The fraction of sp³-hybridized carbons (Fsp3) is 0.588. The Bertz CT molecular complexity index is 541. The largest absolute Gasteiger partial charge is 0.411 e. The van der Waals surface area contributed by atoms with Crippen LogP contribution in [-0.4, -0.2) is 67.8 Å². The van der Waals surface area contributed by atoms with Crippen LogP contribution in [0.25, 0.3) is 0 Å². The average Bonchev–Trinajstić information content (AvgIpc) is 2.56. The van der Waals surface area contributed by atoms with E-state index in [1.807, 2.05) is 17.0 Å². The van der Waals surface area contributed by atoms with Gasteiger partial charge in [0.25, 0.3) is 0 Å². The molecule has 0 spiro atoms. The number of benzene rings is 1. The summed E-state index contributed by atoms with van der Waals surface area (Å²) in [6.07, 6.45) is -3.36. The Hall–Kier alpha value is -1.80. The van der Waals surface area contributed by atoms with Gasteiger partial charge in [0.15, 0.2) is 0 Å². The first-order chi connectivity index (χ1) is 11.8. The molecule has 2 rings (SSSR count). The zero-order valence-corrected chi connectivity index (χ0v) is 14.1. The highest BCUT2D eigenvalue weighted by Crippen LogP contribution is 2.14. The number of nitrogen functional groups attached to an aromatic ring is 1. The number of nitrogens with two attached hydrogens (primary N) is 1. The topological polar surface area (TPSA) is 58.8 Å². The normalized spacial score (nSPS) is 16.2. The number of halogens is 3. The second-order valence-electron chi connectivity index (χ2n) is 6.16. The summed E-state index contributed by atoms with van der Waals surface area (Å²) < 4.78 is 40.5. The SMILES string of the molecule is Nc1ccc(CC(=O)N2CCN(CCCOCC(F)(F)F)CC2)cc1. The minimum Gasteiger partial charge on any atom is -0.399 e. The molecule has 140 valence electrons. The second kappa shape index (κ2) is 9.05. The summed E-state index contributed by atoms with van der Waals surface area (Å²) in [5.74, 6) is 0.0814. The minimum absolute atomic E-state index is 0.0814. The molecule has 0 aliphatic carbocycles. The van der Waals surface area contributed by atoms with Gasteiger partial charge in [-0.3, -0.25) is 9.69 Å². The maximum Gasteiger partial charge on any atom is 0.411 e. The van der Waals surface area contributed by atoms with E-state index in [0.717, 1.165) is 18.7 Å². The Morgan fingerprint density at radius 1 is 1.12 bits per heavy atom. The van der Waals surface area contributed by atoms with Crippen LogP contribution in [0.1, 0.15) is 12.0 Å². The van der Waals surface area contributed by atoms with Gasteiger partial charge in [-0.25, -0.2) is 0 Å². The van der Waals surface area contributed by atoms with Gasteiger partial charge in [-0.2, -0.15) is 13.2 Å². The zero-order valence-electron chi connectivity index (χ0n) is 14.1. The van der Waals surface area contributed by atoms with Crippen LogP contribution in [0.5, 0.6) is 0 Å². The van der Waals surface area contributed by atoms with Crippen molar-refractivity contribution in [2.24, 2.45) is 0 Å². The first-order valence-electron chi connectivity index (χ1n) is 8.32. The van der Waals surface area contributed by atoms with Crippen LogP contribution in [-0.2, 0) is 16.0 Å². The number of anilines is 1. The summed E-state index contributed by atoms with van der Waals surface area (Å²) in [6.45, 7) is 2.31. The van der Waals surface area contributed by atoms with Crippen molar-refractivity contribution in [2.75, 3.05) is 51.7 Å². The van der Waals surface area contributed by atoms with Crippen LogP contribution in [0.4, 0.5) is 18.9 Å². The molecule has 5 nitrogen and oxygen atoms in total. The van der Waals surface area contributed by atoms with Crippen LogP contribution in [0.3, 0.4) is 0 Å². The summed E-state index contributed by atoms with van der Waals surface area (Å²) in [7, 11) is 0. The number of carbonyl (C=O) groups is 1. The van der Waals surface area contributed by atoms with Crippen molar-refractivity contribution < 1.29 is 22.7 Å². The minimum atomic E-state index is -4.27. The van der Waals surface area contributed by atoms with Crippen LogP contribution in [0.15, 0.2) is 24.3 Å². The maximum absolute atomic E-state index is 12.3. The Morgan fingerprint density at radius 3 is 2.36 bits per heavy atom. The molecule has 1 fully saturated rings. The highest BCUT2D eigenvalue weighted by atomic mass is 19.4. The molecule has 1 aliphatic heterocycles. The van der Waals surface area contributed by atoms with Gasteiger partial charge in [0.1, 0.15) is 6.61 Å². The number of nitrogens with zero attached hydrogens (tertiary/aromatic N) is 2. The van der Waals surface area contributed by atoms with Crippen molar-refractivity contribution in [1.82, 2.24) is 9.80 Å². The van der Waals surface area contributed by atoms with Crippen molar-refractivity contribution in [2.45, 2.75) is 19.0 Å². The lowest BCUT2D eigenvalue weighted by atomic mass is 10.1. The predicted octanol–water partition coefficient (Wildman–Crippen LogP) is 1.92. The molecule has 1 aromatic carbocycles. The summed E-state index contributed by atoms with van der Waals surface area (Å²) in [5.41, 5.74) is 7.23. The number of hydrogen-bond donors (Lipinski definition) is 1. The summed E-state index contributed by atoms with van der Waals surface area (Å²) in [5, 5.41) is 0. The first-order valence-corrected chi connectivity index (χ1v) is 8.32. The van der Waals surface area contributed by atoms with Crippen molar-refractivity contribution in [3.8, 4) is 0 Å². The number of alkyl halides is 3. The van der Waals surface area contributed by atoms with E-state index in [1.54, 1.807) is 12.1 Å². The molecular formula is C17H24F3N3O2. The number of rotatable bonds is 7. The molecule has 1 amide bonds. The van der Waals surface area contributed by atoms with E-state index < -0.39 is 12.8 Å².